The van der Waals surface area contributed by atoms with Crippen molar-refractivity contribution in [3.05, 3.63) is 69.5 Å². The molecule has 5 heteroatoms. The topological polar surface area (TPSA) is 39.3 Å². The number of hydrogen-bond donors (Lipinski definition) is 0. The van der Waals surface area contributed by atoms with Crippen LogP contribution in [0.2, 0.25) is 5.02 Å². The minimum absolute atomic E-state index is 0.0316. The summed E-state index contributed by atoms with van der Waals surface area (Å²) in [4.78, 5) is 16.9. The molecule has 1 aromatic carbocycles. The fraction of sp³-hybridized carbons (Fsp3) is 0.294. The van der Waals surface area contributed by atoms with Crippen LogP contribution >= 0.6 is 11.6 Å². The van der Waals surface area contributed by atoms with Gasteiger partial charge in [0.1, 0.15) is 0 Å². The van der Waals surface area contributed by atoms with Crippen LogP contribution in [0.15, 0.2) is 47.7 Å². The number of aromatic nitrogens is 3. The van der Waals surface area contributed by atoms with E-state index in [0.29, 0.717) is 12.2 Å². The van der Waals surface area contributed by atoms with Crippen molar-refractivity contribution in [2.24, 2.45) is 0 Å². The SMILES string of the molecule is Cc1cn2ccn(CC3(c4ccc(Cl)cc4)CC3)c(=O)c2n1. The summed E-state index contributed by atoms with van der Waals surface area (Å²) < 4.78 is 3.57. The van der Waals surface area contributed by atoms with Gasteiger partial charge in [-0.2, -0.15) is 0 Å². The number of imidazole rings is 1. The van der Waals surface area contributed by atoms with Gasteiger partial charge in [0.2, 0.25) is 5.65 Å². The Morgan fingerprint density at radius 3 is 2.64 bits per heavy atom. The van der Waals surface area contributed by atoms with Gasteiger partial charge in [-0.3, -0.25) is 4.79 Å². The molecule has 1 aliphatic carbocycles. The van der Waals surface area contributed by atoms with E-state index in [9.17, 15) is 4.79 Å². The van der Waals surface area contributed by atoms with E-state index in [1.165, 1.54) is 5.56 Å². The van der Waals surface area contributed by atoms with Crippen molar-refractivity contribution in [2.75, 3.05) is 0 Å². The van der Waals surface area contributed by atoms with Gasteiger partial charge in [-0.05, 0) is 37.5 Å². The van der Waals surface area contributed by atoms with Gasteiger partial charge in [-0.15, -0.1) is 0 Å². The molecular weight excluding hydrogens is 298 g/mol. The Balaban J connectivity index is 1.73. The molecule has 0 unspecified atom stereocenters. The predicted molar refractivity (Wildman–Crippen MR) is 86.6 cm³/mol. The summed E-state index contributed by atoms with van der Waals surface area (Å²) >= 11 is 5.97. The summed E-state index contributed by atoms with van der Waals surface area (Å²) in [5, 5.41) is 0.742. The summed E-state index contributed by atoms with van der Waals surface area (Å²) in [5.74, 6) is 0. The average Bonchev–Trinajstić information content (AvgIpc) is 3.17. The Kier molecular flexibility index (Phi) is 2.91. The number of benzene rings is 1. The van der Waals surface area contributed by atoms with E-state index in [2.05, 4.69) is 17.1 Å². The summed E-state index contributed by atoms with van der Waals surface area (Å²) in [6, 6.07) is 7.97. The van der Waals surface area contributed by atoms with E-state index in [0.717, 1.165) is 23.6 Å². The minimum atomic E-state index is -0.0316. The van der Waals surface area contributed by atoms with Crippen LogP contribution in [-0.4, -0.2) is 14.0 Å². The van der Waals surface area contributed by atoms with Gasteiger partial charge >= 0.3 is 0 Å². The second-order valence-corrected chi connectivity index (χ2v) is 6.57. The zero-order valence-electron chi connectivity index (χ0n) is 12.3. The first-order valence-electron chi connectivity index (χ1n) is 7.38. The van der Waals surface area contributed by atoms with Crippen LogP contribution in [0.4, 0.5) is 0 Å². The Bertz CT molecular complexity index is 904. The second-order valence-electron chi connectivity index (χ2n) is 6.13. The summed E-state index contributed by atoms with van der Waals surface area (Å²) in [6.45, 7) is 2.59. The number of rotatable bonds is 3. The third-order valence-electron chi connectivity index (χ3n) is 4.50. The normalized spacial score (nSPS) is 16.1. The lowest BCUT2D eigenvalue weighted by Gasteiger charge is -2.17. The van der Waals surface area contributed by atoms with E-state index in [4.69, 9.17) is 11.6 Å². The molecule has 0 radical (unpaired) electrons. The van der Waals surface area contributed by atoms with Gasteiger partial charge < -0.3 is 8.97 Å². The number of halogens is 1. The van der Waals surface area contributed by atoms with Crippen LogP contribution < -0.4 is 5.56 Å². The molecule has 112 valence electrons. The Morgan fingerprint density at radius 2 is 1.95 bits per heavy atom. The van der Waals surface area contributed by atoms with Crippen LogP contribution in [0, 0.1) is 6.92 Å². The molecule has 22 heavy (non-hydrogen) atoms. The molecule has 0 aliphatic heterocycles. The zero-order chi connectivity index (χ0) is 15.3. The second kappa shape index (κ2) is 4.71. The predicted octanol–water partition coefficient (Wildman–Crippen LogP) is 3.19. The van der Waals surface area contributed by atoms with Crippen LogP contribution in [0.5, 0.6) is 0 Å². The molecule has 0 bridgehead atoms. The summed E-state index contributed by atoms with van der Waals surface area (Å²) in [5.41, 5.74) is 2.63. The first kappa shape index (κ1) is 13.6. The molecule has 2 aromatic heterocycles. The number of fused-ring (bicyclic) bond motifs is 1. The van der Waals surface area contributed by atoms with Gasteiger partial charge in [-0.25, -0.2) is 4.98 Å². The van der Waals surface area contributed by atoms with Crippen molar-refractivity contribution in [1.82, 2.24) is 14.0 Å². The molecule has 0 N–H and O–H groups in total. The lowest BCUT2D eigenvalue weighted by atomic mass is 9.96. The van der Waals surface area contributed by atoms with Crippen molar-refractivity contribution < 1.29 is 0 Å². The summed E-state index contributed by atoms with van der Waals surface area (Å²) in [6.07, 6.45) is 7.81. The van der Waals surface area contributed by atoms with E-state index in [1.54, 1.807) is 8.97 Å². The maximum absolute atomic E-state index is 12.6. The molecule has 4 rings (SSSR count). The lowest BCUT2D eigenvalue weighted by Crippen LogP contribution is -2.27. The molecule has 3 aromatic rings. The van der Waals surface area contributed by atoms with E-state index >= 15 is 0 Å². The van der Waals surface area contributed by atoms with E-state index in [1.807, 2.05) is 37.6 Å². The van der Waals surface area contributed by atoms with Crippen molar-refractivity contribution in [3.8, 4) is 0 Å². The van der Waals surface area contributed by atoms with Crippen molar-refractivity contribution in [1.29, 1.82) is 0 Å². The van der Waals surface area contributed by atoms with Crippen LogP contribution in [-0.2, 0) is 12.0 Å². The number of aryl methyl sites for hydroxylation is 1. The van der Waals surface area contributed by atoms with Gasteiger partial charge in [0.25, 0.3) is 5.56 Å². The van der Waals surface area contributed by atoms with Crippen LogP contribution in [0.25, 0.3) is 5.65 Å². The van der Waals surface area contributed by atoms with Crippen LogP contribution in [0.1, 0.15) is 24.1 Å². The van der Waals surface area contributed by atoms with Crippen molar-refractivity contribution >= 4 is 17.2 Å². The highest BCUT2D eigenvalue weighted by molar-refractivity contribution is 6.30. The maximum atomic E-state index is 12.6. The zero-order valence-corrected chi connectivity index (χ0v) is 13.0. The average molecular weight is 314 g/mol. The molecule has 0 saturated heterocycles. The summed E-state index contributed by atoms with van der Waals surface area (Å²) in [7, 11) is 0. The largest absolute Gasteiger partial charge is 0.310 e. The van der Waals surface area contributed by atoms with Gasteiger partial charge in [0.05, 0.1) is 5.69 Å². The van der Waals surface area contributed by atoms with Crippen LogP contribution in [0.3, 0.4) is 0 Å². The first-order valence-corrected chi connectivity index (χ1v) is 7.76. The van der Waals surface area contributed by atoms with E-state index < -0.39 is 0 Å². The quantitative estimate of drug-likeness (QED) is 0.745. The Hall–Kier alpha value is -2.07. The third-order valence-corrected chi connectivity index (χ3v) is 4.75. The molecule has 2 heterocycles. The molecule has 1 fully saturated rings. The standard InChI is InChI=1S/C17H16ClN3O/c1-12-10-20-8-9-21(16(22)15(20)19-12)11-17(6-7-17)13-2-4-14(18)5-3-13/h2-5,8-10H,6-7,11H2,1H3. The number of hydrogen-bond acceptors (Lipinski definition) is 2. The number of nitrogens with zero attached hydrogens (tertiary/aromatic N) is 3. The third kappa shape index (κ3) is 2.15. The minimum Gasteiger partial charge on any atom is -0.310 e. The van der Waals surface area contributed by atoms with Crippen molar-refractivity contribution in [2.45, 2.75) is 31.7 Å². The molecule has 1 saturated carbocycles. The molecule has 0 spiro atoms. The van der Waals surface area contributed by atoms with Gasteiger partial charge in [0, 0.05) is 35.6 Å². The monoisotopic (exact) mass is 313 g/mol. The molecule has 0 atom stereocenters. The van der Waals surface area contributed by atoms with Gasteiger partial charge in [0.15, 0.2) is 0 Å². The Morgan fingerprint density at radius 1 is 1.23 bits per heavy atom. The Labute approximate surface area is 133 Å². The smallest absolute Gasteiger partial charge is 0.294 e. The molecule has 0 amide bonds. The highest BCUT2D eigenvalue weighted by Gasteiger charge is 2.44. The van der Waals surface area contributed by atoms with Gasteiger partial charge in [-0.1, -0.05) is 23.7 Å². The molecule has 1 aliphatic rings. The molecule has 4 nitrogen and oxygen atoms in total. The highest BCUT2D eigenvalue weighted by Crippen LogP contribution is 2.49. The van der Waals surface area contributed by atoms with E-state index in [-0.39, 0.29) is 11.0 Å². The first-order chi connectivity index (χ1) is 10.6. The fourth-order valence-corrected chi connectivity index (χ4v) is 3.21. The highest BCUT2D eigenvalue weighted by atomic mass is 35.5. The maximum Gasteiger partial charge on any atom is 0.294 e. The lowest BCUT2D eigenvalue weighted by molar-refractivity contribution is 0.533. The molecular formula is C17H16ClN3O. The fourth-order valence-electron chi connectivity index (χ4n) is 3.08. The van der Waals surface area contributed by atoms with Crippen molar-refractivity contribution in [3.63, 3.8) is 0 Å².